The van der Waals surface area contributed by atoms with E-state index in [0.29, 0.717) is 28.7 Å². The summed E-state index contributed by atoms with van der Waals surface area (Å²) >= 11 is 0. The molecule has 4 nitrogen and oxygen atoms in total. The van der Waals surface area contributed by atoms with Crippen molar-refractivity contribution in [2.24, 2.45) is 29.1 Å². The lowest BCUT2D eigenvalue weighted by Crippen LogP contribution is -2.46. The van der Waals surface area contributed by atoms with Crippen LogP contribution < -0.4 is 4.43 Å². The van der Waals surface area contributed by atoms with Gasteiger partial charge in [0.05, 0.1) is 12.2 Å². The van der Waals surface area contributed by atoms with E-state index in [1.165, 1.54) is 37.7 Å². The molecule has 0 aromatic heterocycles. The summed E-state index contributed by atoms with van der Waals surface area (Å²) < 4.78 is 12.5. The second-order valence-electron chi connectivity index (χ2n) is 14.3. The first-order valence-electron chi connectivity index (χ1n) is 14.7. The fraction of sp³-hybridized carbons (Fsp3) is 0.719. The molecule has 5 rings (SSSR count). The summed E-state index contributed by atoms with van der Waals surface area (Å²) in [7, 11) is -1.84. The Hall–Kier alpha value is -1.59. The zero-order chi connectivity index (χ0) is 26.8. The van der Waals surface area contributed by atoms with Crippen molar-refractivity contribution in [3.05, 3.63) is 41.0 Å². The monoisotopic (exact) mass is 524 g/mol. The Labute approximate surface area is 225 Å². The molecule has 7 unspecified atom stereocenters. The van der Waals surface area contributed by atoms with Crippen molar-refractivity contribution in [1.82, 2.24) is 0 Å². The number of fused-ring (bicyclic) bond motifs is 5. The lowest BCUT2D eigenvalue weighted by Gasteiger charge is -2.52. The molecule has 0 radical (unpaired) electrons. The van der Waals surface area contributed by atoms with Crippen LogP contribution in [0.15, 0.2) is 29.8 Å². The van der Waals surface area contributed by atoms with Crippen molar-refractivity contribution < 1.29 is 19.1 Å². The molecule has 3 aliphatic carbocycles. The second-order valence-corrected chi connectivity index (χ2v) is 19.0. The fourth-order valence-electron chi connectivity index (χ4n) is 8.29. The molecule has 4 aliphatic rings. The number of aryl methyl sites for hydroxylation is 1. The molecule has 0 saturated heterocycles. The van der Waals surface area contributed by atoms with Crippen LogP contribution >= 0.6 is 0 Å². The Morgan fingerprint density at radius 2 is 1.95 bits per heavy atom. The highest BCUT2D eigenvalue weighted by molar-refractivity contribution is 6.74. The number of cyclic esters (lactones) is 1. The number of hydrogen-bond donors (Lipinski definition) is 1. The first-order valence-corrected chi connectivity index (χ1v) is 17.6. The first kappa shape index (κ1) is 27.0. The lowest BCUT2D eigenvalue weighted by atomic mass is 9.53. The van der Waals surface area contributed by atoms with Crippen molar-refractivity contribution >= 4 is 14.3 Å². The van der Waals surface area contributed by atoms with E-state index in [1.54, 1.807) is 5.56 Å². The zero-order valence-corrected chi connectivity index (χ0v) is 25.1. The number of benzene rings is 1. The minimum atomic E-state index is -1.84. The summed E-state index contributed by atoms with van der Waals surface area (Å²) in [5.41, 5.74) is 3.83. The number of ether oxygens (including phenoxy) is 1. The van der Waals surface area contributed by atoms with E-state index in [4.69, 9.17) is 9.16 Å². The molecule has 37 heavy (non-hydrogen) atoms. The van der Waals surface area contributed by atoms with Gasteiger partial charge in [-0.1, -0.05) is 46.8 Å². The molecule has 0 spiro atoms. The molecule has 7 atom stereocenters. The van der Waals surface area contributed by atoms with Crippen molar-refractivity contribution in [3.63, 3.8) is 0 Å². The summed E-state index contributed by atoms with van der Waals surface area (Å²) in [6.07, 6.45) is 10.1. The van der Waals surface area contributed by atoms with E-state index in [1.807, 2.05) is 6.08 Å². The van der Waals surface area contributed by atoms with Gasteiger partial charge in [-0.05, 0) is 115 Å². The van der Waals surface area contributed by atoms with Crippen molar-refractivity contribution in [2.75, 3.05) is 6.61 Å². The third kappa shape index (κ3) is 4.62. The van der Waals surface area contributed by atoms with E-state index in [-0.39, 0.29) is 23.7 Å². The number of aliphatic hydroxyl groups excluding tert-OH is 1. The van der Waals surface area contributed by atoms with Crippen LogP contribution in [0.5, 0.6) is 5.75 Å². The van der Waals surface area contributed by atoms with Gasteiger partial charge in [0.25, 0.3) is 0 Å². The highest BCUT2D eigenvalue weighted by Crippen LogP contribution is 2.64. The number of aliphatic hydroxyl groups is 1. The van der Waals surface area contributed by atoms with E-state index in [2.05, 4.69) is 65.9 Å². The first-order chi connectivity index (χ1) is 17.4. The summed E-state index contributed by atoms with van der Waals surface area (Å²) in [4.78, 5) is 12.3. The zero-order valence-electron chi connectivity index (χ0n) is 24.1. The van der Waals surface area contributed by atoms with Gasteiger partial charge in [0, 0.05) is 6.42 Å². The average molecular weight is 525 g/mol. The Morgan fingerprint density at radius 1 is 1.19 bits per heavy atom. The van der Waals surface area contributed by atoms with Crippen LogP contribution in [0.3, 0.4) is 0 Å². The number of esters is 1. The van der Waals surface area contributed by atoms with Gasteiger partial charge in [0.15, 0.2) is 0 Å². The average Bonchev–Trinajstić information content (AvgIpc) is 3.19. The molecule has 2 saturated carbocycles. The van der Waals surface area contributed by atoms with Crippen LogP contribution in [-0.2, 0) is 16.0 Å². The SMILES string of the molecule is CC(C1CC=C(CO)C(=O)O1)C1CCC2C3CCc4cc(O[Si](C)(C)C(C)(C)C)ccc4C3CCC12C. The van der Waals surface area contributed by atoms with Crippen LogP contribution in [0.4, 0.5) is 0 Å². The molecular formula is C32H48O4Si. The minimum absolute atomic E-state index is 0.0625. The van der Waals surface area contributed by atoms with Crippen LogP contribution in [0.25, 0.3) is 0 Å². The van der Waals surface area contributed by atoms with Crippen LogP contribution in [0, 0.1) is 29.1 Å². The normalized spacial score (nSPS) is 34.5. The quantitative estimate of drug-likeness (QED) is 0.322. The number of rotatable bonds is 5. The molecule has 2 fully saturated rings. The predicted octanol–water partition coefficient (Wildman–Crippen LogP) is 7.41. The van der Waals surface area contributed by atoms with Crippen LogP contribution in [-0.4, -0.2) is 32.1 Å². The fourth-order valence-corrected chi connectivity index (χ4v) is 9.31. The summed E-state index contributed by atoms with van der Waals surface area (Å²) in [5.74, 6) is 3.85. The molecule has 5 heteroatoms. The highest BCUT2D eigenvalue weighted by atomic mass is 28.4. The number of hydrogen-bond acceptors (Lipinski definition) is 4. The minimum Gasteiger partial charge on any atom is -0.543 e. The Kier molecular flexibility index (Phi) is 6.97. The summed E-state index contributed by atoms with van der Waals surface area (Å²) in [6.45, 7) is 16.2. The Bertz CT molecular complexity index is 1070. The maximum atomic E-state index is 12.3. The van der Waals surface area contributed by atoms with Crippen molar-refractivity contribution in [3.8, 4) is 5.75 Å². The maximum Gasteiger partial charge on any atom is 0.336 e. The maximum absolute atomic E-state index is 12.3. The summed E-state index contributed by atoms with van der Waals surface area (Å²) in [5, 5.41) is 9.60. The van der Waals surface area contributed by atoms with Gasteiger partial charge in [-0.2, -0.15) is 0 Å². The Balaban J connectivity index is 1.32. The van der Waals surface area contributed by atoms with Gasteiger partial charge in [-0.15, -0.1) is 0 Å². The Morgan fingerprint density at radius 3 is 2.62 bits per heavy atom. The van der Waals surface area contributed by atoms with Gasteiger partial charge in [0.1, 0.15) is 11.9 Å². The van der Waals surface area contributed by atoms with Crippen LogP contribution in [0.1, 0.15) is 90.2 Å². The molecule has 1 heterocycles. The van der Waals surface area contributed by atoms with E-state index < -0.39 is 8.32 Å². The number of carbonyl (C=O) groups is 1. The van der Waals surface area contributed by atoms with Crippen molar-refractivity contribution in [1.29, 1.82) is 0 Å². The molecule has 1 aromatic carbocycles. The van der Waals surface area contributed by atoms with Gasteiger partial charge < -0.3 is 14.3 Å². The topological polar surface area (TPSA) is 55.8 Å². The molecule has 204 valence electrons. The number of carbonyl (C=O) groups excluding carboxylic acids is 1. The molecule has 1 N–H and O–H groups in total. The van der Waals surface area contributed by atoms with Crippen molar-refractivity contribution in [2.45, 2.75) is 110 Å². The standard InChI is InChI=1S/C32H48O4Si/c1-20(29-15-9-22(19-33)30(34)35-29)27-13-14-28-26-11-8-21-18-23(36-37(6,7)31(2,3)4)10-12-24(21)25(26)16-17-32(27,28)5/h9-10,12,18,20,25-29,33H,8,11,13-17,19H2,1-7H3. The summed E-state index contributed by atoms with van der Waals surface area (Å²) in [6, 6.07) is 7.02. The largest absolute Gasteiger partial charge is 0.543 e. The van der Waals surface area contributed by atoms with Gasteiger partial charge in [0.2, 0.25) is 8.32 Å². The molecule has 0 bridgehead atoms. The predicted molar refractivity (Wildman–Crippen MR) is 151 cm³/mol. The van der Waals surface area contributed by atoms with Gasteiger partial charge >= 0.3 is 5.97 Å². The van der Waals surface area contributed by atoms with E-state index >= 15 is 0 Å². The van der Waals surface area contributed by atoms with Gasteiger partial charge in [-0.3, -0.25) is 0 Å². The third-order valence-electron chi connectivity index (χ3n) is 11.5. The lowest BCUT2D eigenvalue weighted by molar-refractivity contribution is -0.151. The highest BCUT2D eigenvalue weighted by Gasteiger charge is 2.56. The molecule has 1 aliphatic heterocycles. The second kappa shape index (κ2) is 9.55. The van der Waals surface area contributed by atoms with Gasteiger partial charge in [-0.25, -0.2) is 4.79 Å². The smallest absolute Gasteiger partial charge is 0.336 e. The molecule has 0 amide bonds. The third-order valence-corrected chi connectivity index (χ3v) is 15.8. The van der Waals surface area contributed by atoms with E-state index in [9.17, 15) is 9.90 Å². The van der Waals surface area contributed by atoms with Crippen LogP contribution in [0.2, 0.25) is 18.1 Å². The molecule has 1 aromatic rings. The van der Waals surface area contributed by atoms with E-state index in [0.717, 1.165) is 30.4 Å². The molecular weight excluding hydrogens is 476 g/mol.